The first-order valence-corrected chi connectivity index (χ1v) is 7.98. The number of amides is 2. The third kappa shape index (κ3) is 4.43. The molecule has 1 fully saturated rings. The van der Waals surface area contributed by atoms with Crippen molar-refractivity contribution in [3.63, 3.8) is 0 Å². The minimum absolute atomic E-state index is 0.0498. The van der Waals surface area contributed by atoms with Crippen molar-refractivity contribution in [1.29, 1.82) is 0 Å². The molecule has 0 N–H and O–H groups in total. The van der Waals surface area contributed by atoms with E-state index in [1.165, 1.54) is 24.3 Å². The van der Waals surface area contributed by atoms with Crippen LogP contribution in [-0.4, -0.2) is 59.5 Å². The minimum Gasteiger partial charge on any atom is -0.449 e. The summed E-state index contributed by atoms with van der Waals surface area (Å²) in [5.74, 6) is -0.191. The summed E-state index contributed by atoms with van der Waals surface area (Å²) in [5.41, 5.74) is 0.353. The second kappa shape index (κ2) is 8.28. The number of nitrogens with zero attached hydrogens (tertiary/aromatic N) is 3. The van der Waals surface area contributed by atoms with E-state index in [-0.39, 0.29) is 17.7 Å². The normalized spacial score (nSPS) is 14.4. The second-order valence-electron chi connectivity index (χ2n) is 5.55. The molecule has 0 atom stereocenters. The van der Waals surface area contributed by atoms with Crippen LogP contribution in [0, 0.1) is 10.1 Å². The van der Waals surface area contributed by atoms with Crippen molar-refractivity contribution < 1.29 is 19.2 Å². The maximum absolute atomic E-state index is 12.4. The van der Waals surface area contributed by atoms with Gasteiger partial charge in [0.25, 0.3) is 11.6 Å². The van der Waals surface area contributed by atoms with Crippen LogP contribution < -0.4 is 0 Å². The molecule has 1 aliphatic heterocycles. The monoisotopic (exact) mass is 335 g/mol. The number of carbonyl (C=O) groups is 2. The predicted octanol–water partition coefficient (Wildman–Crippen LogP) is 2.29. The Balaban J connectivity index is 1.86. The van der Waals surface area contributed by atoms with Gasteiger partial charge in [-0.2, -0.15) is 0 Å². The summed E-state index contributed by atoms with van der Waals surface area (Å²) >= 11 is 0. The van der Waals surface area contributed by atoms with Gasteiger partial charge in [0, 0.05) is 43.9 Å². The number of ether oxygens (including phenoxy) is 1. The SMILES string of the molecule is CCCCOC(=O)N1CCN(C(=O)c2ccc([N+](=O)[O-])cc2)CC1. The molecule has 2 amide bonds. The number of hydrogen-bond donors (Lipinski definition) is 0. The van der Waals surface area contributed by atoms with Gasteiger partial charge in [-0.1, -0.05) is 13.3 Å². The van der Waals surface area contributed by atoms with E-state index in [1.807, 2.05) is 6.92 Å². The van der Waals surface area contributed by atoms with Gasteiger partial charge >= 0.3 is 6.09 Å². The smallest absolute Gasteiger partial charge is 0.409 e. The molecule has 0 radical (unpaired) electrons. The molecule has 1 aromatic rings. The van der Waals surface area contributed by atoms with E-state index in [0.29, 0.717) is 38.3 Å². The fraction of sp³-hybridized carbons (Fsp3) is 0.500. The summed E-state index contributed by atoms with van der Waals surface area (Å²) in [6.45, 7) is 4.11. The van der Waals surface area contributed by atoms with Crippen molar-refractivity contribution in [3.05, 3.63) is 39.9 Å². The lowest BCUT2D eigenvalue weighted by molar-refractivity contribution is -0.384. The largest absolute Gasteiger partial charge is 0.449 e. The third-order valence-corrected chi connectivity index (χ3v) is 3.87. The van der Waals surface area contributed by atoms with Crippen LogP contribution in [-0.2, 0) is 4.74 Å². The highest BCUT2D eigenvalue weighted by Gasteiger charge is 2.25. The van der Waals surface area contributed by atoms with Crippen LogP contribution in [0.15, 0.2) is 24.3 Å². The zero-order chi connectivity index (χ0) is 17.5. The first-order chi connectivity index (χ1) is 11.5. The first kappa shape index (κ1) is 17.7. The number of nitro groups is 1. The number of rotatable bonds is 5. The molecular formula is C16H21N3O5. The molecule has 0 aliphatic carbocycles. The minimum atomic E-state index is -0.503. The predicted molar refractivity (Wildman–Crippen MR) is 86.8 cm³/mol. The Bertz CT molecular complexity index is 594. The summed E-state index contributed by atoms with van der Waals surface area (Å²) in [4.78, 5) is 37.6. The number of non-ortho nitro benzene ring substituents is 1. The van der Waals surface area contributed by atoms with E-state index < -0.39 is 4.92 Å². The molecule has 1 saturated heterocycles. The Kier molecular flexibility index (Phi) is 6.11. The van der Waals surface area contributed by atoms with E-state index in [9.17, 15) is 19.7 Å². The lowest BCUT2D eigenvalue weighted by Crippen LogP contribution is -2.50. The Labute approximate surface area is 140 Å². The molecular weight excluding hydrogens is 314 g/mol. The molecule has 0 unspecified atom stereocenters. The molecule has 2 rings (SSSR count). The summed E-state index contributed by atoms with van der Waals surface area (Å²) in [6, 6.07) is 5.53. The molecule has 130 valence electrons. The second-order valence-corrected chi connectivity index (χ2v) is 5.55. The fourth-order valence-corrected chi connectivity index (χ4v) is 2.40. The number of nitro benzene ring substituents is 1. The van der Waals surface area contributed by atoms with E-state index in [0.717, 1.165) is 12.8 Å². The average Bonchev–Trinajstić information content (AvgIpc) is 2.61. The standard InChI is InChI=1S/C16H21N3O5/c1-2-3-12-24-16(21)18-10-8-17(9-11-18)15(20)13-4-6-14(7-5-13)19(22)23/h4-7H,2-3,8-12H2,1H3. The summed E-state index contributed by atoms with van der Waals surface area (Å²) in [5, 5.41) is 10.6. The van der Waals surface area contributed by atoms with Crippen molar-refractivity contribution in [2.45, 2.75) is 19.8 Å². The van der Waals surface area contributed by atoms with Crippen LogP contribution in [0.2, 0.25) is 0 Å². The Morgan fingerprint density at radius 3 is 2.25 bits per heavy atom. The number of unbranched alkanes of at least 4 members (excludes halogenated alkanes) is 1. The number of piperazine rings is 1. The topological polar surface area (TPSA) is 93.0 Å². The van der Waals surface area contributed by atoms with Crippen molar-refractivity contribution in [2.75, 3.05) is 32.8 Å². The Morgan fingerprint density at radius 2 is 1.71 bits per heavy atom. The fourth-order valence-electron chi connectivity index (χ4n) is 2.40. The molecule has 0 bridgehead atoms. The number of benzene rings is 1. The highest BCUT2D eigenvalue weighted by atomic mass is 16.6. The van der Waals surface area contributed by atoms with Gasteiger partial charge in [0.15, 0.2) is 0 Å². The van der Waals surface area contributed by atoms with E-state index in [1.54, 1.807) is 9.80 Å². The highest BCUT2D eigenvalue weighted by molar-refractivity contribution is 5.94. The molecule has 0 spiro atoms. The van der Waals surface area contributed by atoms with Crippen molar-refractivity contribution in [1.82, 2.24) is 9.80 Å². The third-order valence-electron chi connectivity index (χ3n) is 3.87. The summed E-state index contributed by atoms with van der Waals surface area (Å²) < 4.78 is 5.16. The van der Waals surface area contributed by atoms with Gasteiger partial charge in [0.1, 0.15) is 0 Å². The molecule has 8 nitrogen and oxygen atoms in total. The zero-order valence-electron chi connectivity index (χ0n) is 13.6. The maximum Gasteiger partial charge on any atom is 0.409 e. The maximum atomic E-state index is 12.4. The quantitative estimate of drug-likeness (QED) is 0.467. The molecule has 1 aromatic carbocycles. The first-order valence-electron chi connectivity index (χ1n) is 7.98. The molecule has 1 aliphatic rings. The Morgan fingerprint density at radius 1 is 1.12 bits per heavy atom. The van der Waals surface area contributed by atoms with Crippen LogP contribution in [0.1, 0.15) is 30.1 Å². The van der Waals surface area contributed by atoms with Crippen LogP contribution in [0.4, 0.5) is 10.5 Å². The van der Waals surface area contributed by atoms with E-state index in [4.69, 9.17) is 4.74 Å². The van der Waals surface area contributed by atoms with Crippen molar-refractivity contribution >= 4 is 17.7 Å². The van der Waals surface area contributed by atoms with Crippen LogP contribution >= 0.6 is 0 Å². The van der Waals surface area contributed by atoms with Crippen molar-refractivity contribution in [3.8, 4) is 0 Å². The van der Waals surface area contributed by atoms with Gasteiger partial charge in [-0.15, -0.1) is 0 Å². The molecule has 8 heteroatoms. The highest BCUT2D eigenvalue weighted by Crippen LogP contribution is 2.15. The van der Waals surface area contributed by atoms with Gasteiger partial charge in [-0.25, -0.2) is 4.79 Å². The van der Waals surface area contributed by atoms with Gasteiger partial charge in [0.05, 0.1) is 11.5 Å². The average molecular weight is 335 g/mol. The molecule has 1 heterocycles. The molecule has 0 aromatic heterocycles. The lowest BCUT2D eigenvalue weighted by Gasteiger charge is -2.34. The summed E-state index contributed by atoms with van der Waals surface area (Å²) in [6.07, 6.45) is 1.46. The molecule has 0 saturated carbocycles. The van der Waals surface area contributed by atoms with Gasteiger partial charge in [0.2, 0.25) is 0 Å². The lowest BCUT2D eigenvalue weighted by atomic mass is 10.1. The van der Waals surface area contributed by atoms with Gasteiger partial charge < -0.3 is 14.5 Å². The summed E-state index contributed by atoms with van der Waals surface area (Å²) in [7, 11) is 0. The van der Waals surface area contributed by atoms with Crippen LogP contribution in [0.5, 0.6) is 0 Å². The van der Waals surface area contributed by atoms with Gasteiger partial charge in [-0.3, -0.25) is 14.9 Å². The Hall–Kier alpha value is -2.64. The van der Waals surface area contributed by atoms with Gasteiger partial charge in [-0.05, 0) is 18.6 Å². The molecule has 24 heavy (non-hydrogen) atoms. The number of hydrogen-bond acceptors (Lipinski definition) is 5. The van der Waals surface area contributed by atoms with Crippen LogP contribution in [0.25, 0.3) is 0 Å². The zero-order valence-corrected chi connectivity index (χ0v) is 13.6. The van der Waals surface area contributed by atoms with Crippen molar-refractivity contribution in [2.24, 2.45) is 0 Å². The van der Waals surface area contributed by atoms with E-state index in [2.05, 4.69) is 0 Å². The van der Waals surface area contributed by atoms with Crippen LogP contribution in [0.3, 0.4) is 0 Å². The number of carbonyl (C=O) groups excluding carboxylic acids is 2. The van der Waals surface area contributed by atoms with E-state index >= 15 is 0 Å².